The highest BCUT2D eigenvalue weighted by molar-refractivity contribution is 5.88. The molecule has 36 heavy (non-hydrogen) atoms. The molecule has 11 heteroatoms. The highest BCUT2D eigenvalue weighted by atomic mass is 19.4. The number of carbonyl (C=O) groups excluding carboxylic acids is 2. The van der Waals surface area contributed by atoms with Gasteiger partial charge in [0.25, 0.3) is 0 Å². The van der Waals surface area contributed by atoms with Gasteiger partial charge < -0.3 is 20.1 Å². The maximum atomic E-state index is 13.9. The Morgan fingerprint density at radius 2 is 1.78 bits per heavy atom. The highest BCUT2D eigenvalue weighted by Gasteiger charge is 2.39. The first kappa shape index (κ1) is 26.8. The van der Waals surface area contributed by atoms with Crippen molar-refractivity contribution in [2.24, 2.45) is 0 Å². The Kier molecular flexibility index (Phi) is 8.11. The van der Waals surface area contributed by atoms with E-state index in [0.29, 0.717) is 16.8 Å². The molecule has 1 aliphatic rings. The summed E-state index contributed by atoms with van der Waals surface area (Å²) in [7, 11) is 1.19. The molecule has 2 atom stereocenters. The summed E-state index contributed by atoms with van der Waals surface area (Å²) >= 11 is 0. The Hall–Kier alpha value is -3.76. The molecule has 1 aromatic carbocycles. The summed E-state index contributed by atoms with van der Waals surface area (Å²) in [4.78, 5) is 28.5. The predicted molar refractivity (Wildman–Crippen MR) is 130 cm³/mol. The van der Waals surface area contributed by atoms with Crippen molar-refractivity contribution in [3.63, 3.8) is 0 Å². The minimum absolute atomic E-state index is 0.161. The normalized spacial score (nSPS) is 18.9. The number of nitrogens with one attached hydrogen (secondary N) is 3. The van der Waals surface area contributed by atoms with Crippen LogP contribution in [0.3, 0.4) is 0 Å². The van der Waals surface area contributed by atoms with E-state index >= 15 is 0 Å². The van der Waals surface area contributed by atoms with Gasteiger partial charge in [0.15, 0.2) is 0 Å². The van der Waals surface area contributed by atoms with Gasteiger partial charge in [-0.1, -0.05) is 18.2 Å². The van der Waals surface area contributed by atoms with Gasteiger partial charge >= 0.3 is 18.4 Å². The van der Waals surface area contributed by atoms with E-state index in [1.54, 1.807) is 51.1 Å². The summed E-state index contributed by atoms with van der Waals surface area (Å²) < 4.78 is 51.6. The lowest BCUT2D eigenvalue weighted by atomic mass is 9.98. The molecular formula is C25H29F3N4O4. The number of amides is 2. The lowest BCUT2D eigenvalue weighted by Gasteiger charge is -2.25. The number of methoxy groups -OCH3 is 1. The predicted octanol–water partition coefficient (Wildman–Crippen LogP) is 6.19. The fraction of sp³-hybridized carbons (Fsp3) is 0.400. The number of alkyl carbamates (subject to hydrolysis) is 1. The number of fused-ring (bicyclic) bond motifs is 4. The van der Waals surface area contributed by atoms with E-state index < -0.39 is 36.0 Å². The molecule has 2 aromatic rings. The van der Waals surface area contributed by atoms with Crippen molar-refractivity contribution in [3.05, 3.63) is 54.4 Å². The van der Waals surface area contributed by atoms with Crippen molar-refractivity contribution >= 4 is 23.6 Å². The number of anilines is 2. The Labute approximate surface area is 207 Å². The van der Waals surface area contributed by atoms with E-state index in [2.05, 4.69) is 25.7 Å². The maximum Gasteiger partial charge on any atom is 0.411 e. The van der Waals surface area contributed by atoms with Crippen molar-refractivity contribution in [2.45, 2.75) is 57.5 Å². The quantitative estimate of drug-likeness (QED) is 0.420. The smallest absolute Gasteiger partial charge is 0.411 e. The molecule has 0 saturated heterocycles. The maximum absolute atomic E-state index is 13.9. The van der Waals surface area contributed by atoms with Crippen LogP contribution in [-0.2, 0) is 9.47 Å². The summed E-state index contributed by atoms with van der Waals surface area (Å²) in [6.45, 7) is 5.20. The van der Waals surface area contributed by atoms with Crippen LogP contribution in [0, 0.1) is 0 Å². The Morgan fingerprint density at radius 3 is 2.44 bits per heavy atom. The van der Waals surface area contributed by atoms with Gasteiger partial charge in [-0.05, 0) is 63.4 Å². The number of aromatic nitrogens is 1. The average Bonchev–Trinajstić information content (AvgIpc) is 2.77. The van der Waals surface area contributed by atoms with Crippen LogP contribution in [0.4, 0.5) is 34.1 Å². The standard InChI is InChI=1S/C25H29F3N4O4/c1-24(2,3)36-23(34)32-18-7-5-6-8-21(25(26,27)28)31-19-14-16(30-22(33)35-4)9-10-17(19)15-11-12-29-20(18)13-15/h5-6,9-14,18,21,31H,7-8H2,1-4H3,(H,30,33)(H,32,34)/b6-5-/t18?,21-/m0/s1. The first-order chi connectivity index (χ1) is 16.9. The third-order valence-electron chi connectivity index (χ3n) is 5.23. The van der Waals surface area contributed by atoms with E-state index in [1.165, 1.54) is 25.4 Å². The molecule has 1 aromatic heterocycles. The number of hydrogen-bond acceptors (Lipinski definition) is 6. The third-order valence-corrected chi connectivity index (χ3v) is 5.23. The molecule has 0 fully saturated rings. The molecule has 2 amide bonds. The molecule has 1 unspecified atom stereocenters. The highest BCUT2D eigenvalue weighted by Crippen LogP contribution is 2.36. The molecule has 194 valence electrons. The van der Waals surface area contributed by atoms with Crippen LogP contribution in [0.1, 0.15) is 45.3 Å². The molecule has 0 saturated carbocycles. The number of carbonyl (C=O) groups is 2. The van der Waals surface area contributed by atoms with Crippen LogP contribution in [-0.4, -0.2) is 42.1 Å². The second kappa shape index (κ2) is 10.9. The second-order valence-electron chi connectivity index (χ2n) is 9.23. The van der Waals surface area contributed by atoms with Gasteiger partial charge in [-0.2, -0.15) is 13.2 Å². The number of ether oxygens (including phenoxy) is 2. The zero-order chi connectivity index (χ0) is 26.5. The monoisotopic (exact) mass is 506 g/mol. The lowest BCUT2D eigenvalue weighted by Crippen LogP contribution is -2.36. The van der Waals surface area contributed by atoms with E-state index in [4.69, 9.17) is 4.74 Å². The summed E-state index contributed by atoms with van der Waals surface area (Å²) in [5.74, 6) is 0. The molecular weight excluding hydrogens is 477 g/mol. The number of pyridine rings is 1. The minimum Gasteiger partial charge on any atom is -0.453 e. The number of alkyl halides is 3. The van der Waals surface area contributed by atoms with Gasteiger partial charge in [0.1, 0.15) is 11.6 Å². The minimum atomic E-state index is -4.55. The Balaban J connectivity index is 2.07. The summed E-state index contributed by atoms with van der Waals surface area (Å²) in [6, 6.07) is 5.41. The molecule has 2 heterocycles. The third kappa shape index (κ3) is 7.37. The summed E-state index contributed by atoms with van der Waals surface area (Å²) in [6.07, 6.45) is -1.57. The Bertz CT molecular complexity index is 1130. The number of nitrogens with zero attached hydrogens (tertiary/aromatic N) is 1. The van der Waals surface area contributed by atoms with Gasteiger partial charge in [0.2, 0.25) is 0 Å². The van der Waals surface area contributed by atoms with E-state index in [-0.39, 0.29) is 24.2 Å². The average molecular weight is 507 g/mol. The van der Waals surface area contributed by atoms with Gasteiger partial charge in [0.05, 0.1) is 18.8 Å². The van der Waals surface area contributed by atoms with E-state index in [1.807, 2.05) is 0 Å². The SMILES string of the molecule is COC(=O)Nc1ccc2c(c1)N[C@H](C(F)(F)F)C/C=C\CC(NC(=O)OC(C)(C)C)c1cc-2ccn1. The van der Waals surface area contributed by atoms with Crippen molar-refractivity contribution in [2.75, 3.05) is 17.7 Å². The number of benzene rings is 1. The van der Waals surface area contributed by atoms with Gasteiger partial charge in [-0.15, -0.1) is 0 Å². The molecule has 3 rings (SSSR count). The fourth-order valence-electron chi connectivity index (χ4n) is 3.60. The van der Waals surface area contributed by atoms with Crippen LogP contribution in [0.5, 0.6) is 0 Å². The van der Waals surface area contributed by atoms with Crippen molar-refractivity contribution in [1.82, 2.24) is 10.3 Å². The summed E-state index contributed by atoms with van der Waals surface area (Å²) in [5, 5.41) is 7.82. The molecule has 0 aliphatic carbocycles. The zero-order valence-corrected chi connectivity index (χ0v) is 20.4. The van der Waals surface area contributed by atoms with E-state index in [0.717, 1.165) is 0 Å². The van der Waals surface area contributed by atoms with Gasteiger partial charge in [0, 0.05) is 23.1 Å². The van der Waals surface area contributed by atoms with Gasteiger partial charge in [-0.25, -0.2) is 9.59 Å². The zero-order valence-electron chi connectivity index (χ0n) is 20.4. The fourth-order valence-corrected chi connectivity index (χ4v) is 3.60. The molecule has 0 spiro atoms. The van der Waals surface area contributed by atoms with Crippen molar-refractivity contribution in [1.29, 1.82) is 0 Å². The molecule has 1 aliphatic heterocycles. The topological polar surface area (TPSA) is 102 Å². The van der Waals surface area contributed by atoms with Crippen LogP contribution in [0.15, 0.2) is 48.7 Å². The second-order valence-corrected chi connectivity index (χ2v) is 9.23. The molecule has 0 radical (unpaired) electrons. The lowest BCUT2D eigenvalue weighted by molar-refractivity contribution is -0.141. The largest absolute Gasteiger partial charge is 0.453 e. The first-order valence-electron chi connectivity index (χ1n) is 11.3. The number of rotatable bonds is 2. The first-order valence-corrected chi connectivity index (χ1v) is 11.3. The van der Waals surface area contributed by atoms with Crippen LogP contribution in [0.2, 0.25) is 0 Å². The summed E-state index contributed by atoms with van der Waals surface area (Å²) in [5.41, 5.74) is 1.25. The Morgan fingerprint density at radius 1 is 1.06 bits per heavy atom. The number of hydrogen-bond donors (Lipinski definition) is 3. The van der Waals surface area contributed by atoms with Crippen molar-refractivity contribution < 1.29 is 32.2 Å². The number of halogens is 3. The van der Waals surface area contributed by atoms with Crippen LogP contribution >= 0.6 is 0 Å². The molecule has 2 bridgehead atoms. The van der Waals surface area contributed by atoms with Crippen LogP contribution < -0.4 is 16.0 Å². The molecule has 3 N–H and O–H groups in total. The van der Waals surface area contributed by atoms with Crippen LogP contribution in [0.25, 0.3) is 11.1 Å². The van der Waals surface area contributed by atoms with Gasteiger partial charge in [-0.3, -0.25) is 10.3 Å². The van der Waals surface area contributed by atoms with E-state index in [9.17, 15) is 22.8 Å². The molecule has 8 nitrogen and oxygen atoms in total. The van der Waals surface area contributed by atoms with Crippen molar-refractivity contribution in [3.8, 4) is 11.1 Å².